The number of nitriles is 1. The van der Waals surface area contributed by atoms with Crippen LogP contribution in [0.3, 0.4) is 0 Å². The summed E-state index contributed by atoms with van der Waals surface area (Å²) in [4.78, 5) is 15.3. The summed E-state index contributed by atoms with van der Waals surface area (Å²) in [5.74, 6) is 0.276. The molecule has 1 fully saturated rings. The number of benzene rings is 2. The molecule has 4 rings (SSSR count). The molecular formula is C23H24N2O. The third-order valence-corrected chi connectivity index (χ3v) is 5.61. The minimum Gasteiger partial charge on any atom is -0.333 e. The molecule has 1 atom stereocenters. The Bertz CT molecular complexity index is 830. The van der Waals surface area contributed by atoms with Crippen molar-refractivity contribution in [2.45, 2.75) is 57.0 Å². The lowest BCUT2D eigenvalue weighted by molar-refractivity contribution is -0.134. The zero-order valence-electron chi connectivity index (χ0n) is 15.0. The average molecular weight is 344 g/mol. The van der Waals surface area contributed by atoms with Crippen LogP contribution < -0.4 is 0 Å². The summed E-state index contributed by atoms with van der Waals surface area (Å²) in [6, 6.07) is 19.0. The fourth-order valence-electron chi connectivity index (χ4n) is 4.13. The smallest absolute Gasteiger partial charge is 0.223 e. The summed E-state index contributed by atoms with van der Waals surface area (Å²) in [5, 5.41) is 8.90. The lowest BCUT2D eigenvalue weighted by Gasteiger charge is -2.36. The highest BCUT2D eigenvalue weighted by molar-refractivity contribution is 5.78. The molecule has 0 radical (unpaired) electrons. The van der Waals surface area contributed by atoms with Crippen LogP contribution in [0.25, 0.3) is 0 Å². The molecule has 1 saturated carbocycles. The normalized spacial score (nSPS) is 18.7. The first-order valence-corrected chi connectivity index (χ1v) is 9.64. The van der Waals surface area contributed by atoms with Crippen molar-refractivity contribution in [1.82, 2.24) is 4.90 Å². The van der Waals surface area contributed by atoms with Crippen molar-refractivity contribution < 1.29 is 4.79 Å². The second-order valence-corrected chi connectivity index (χ2v) is 7.45. The van der Waals surface area contributed by atoms with Crippen molar-refractivity contribution in [2.75, 3.05) is 0 Å². The van der Waals surface area contributed by atoms with Crippen molar-refractivity contribution in [2.24, 2.45) is 0 Å². The number of hydrogen-bond donors (Lipinski definition) is 0. The van der Waals surface area contributed by atoms with E-state index in [2.05, 4.69) is 35.2 Å². The van der Waals surface area contributed by atoms with Gasteiger partial charge in [-0.25, -0.2) is 0 Å². The molecule has 0 heterocycles. The molecule has 3 nitrogen and oxygen atoms in total. The molecule has 132 valence electrons. The molecule has 0 aromatic heterocycles. The van der Waals surface area contributed by atoms with Crippen LogP contribution in [0.2, 0.25) is 0 Å². The Morgan fingerprint density at radius 2 is 1.85 bits per heavy atom. The van der Waals surface area contributed by atoms with Crippen molar-refractivity contribution in [3.8, 4) is 6.07 Å². The Morgan fingerprint density at radius 3 is 2.58 bits per heavy atom. The summed E-state index contributed by atoms with van der Waals surface area (Å²) in [7, 11) is 0. The summed E-state index contributed by atoms with van der Waals surface area (Å²) in [5.41, 5.74) is 4.56. The van der Waals surface area contributed by atoms with Crippen molar-refractivity contribution in [3.63, 3.8) is 0 Å². The van der Waals surface area contributed by atoms with Crippen LogP contribution in [-0.4, -0.2) is 16.8 Å². The molecule has 0 saturated heterocycles. The average Bonchev–Trinajstić information content (AvgIpc) is 3.52. The monoisotopic (exact) mass is 344 g/mol. The largest absolute Gasteiger partial charge is 0.333 e. The van der Waals surface area contributed by atoms with Gasteiger partial charge in [0.1, 0.15) is 0 Å². The van der Waals surface area contributed by atoms with Gasteiger partial charge in [0.25, 0.3) is 0 Å². The van der Waals surface area contributed by atoms with Crippen LogP contribution in [0.15, 0.2) is 48.5 Å². The van der Waals surface area contributed by atoms with E-state index in [0.717, 1.165) is 44.1 Å². The first-order valence-electron chi connectivity index (χ1n) is 9.64. The van der Waals surface area contributed by atoms with Crippen LogP contribution >= 0.6 is 0 Å². The van der Waals surface area contributed by atoms with Crippen LogP contribution in [0, 0.1) is 11.3 Å². The molecule has 1 amide bonds. The van der Waals surface area contributed by atoms with E-state index in [4.69, 9.17) is 5.26 Å². The Balaban J connectivity index is 1.48. The Labute approximate surface area is 155 Å². The third kappa shape index (κ3) is 3.51. The van der Waals surface area contributed by atoms with Crippen molar-refractivity contribution in [1.29, 1.82) is 5.26 Å². The molecule has 2 aromatic rings. The number of amides is 1. The summed E-state index contributed by atoms with van der Waals surface area (Å²) in [6.45, 7) is 0. The maximum absolute atomic E-state index is 13.1. The summed E-state index contributed by atoms with van der Waals surface area (Å²) < 4.78 is 0. The first-order chi connectivity index (χ1) is 12.8. The topological polar surface area (TPSA) is 44.1 Å². The second-order valence-electron chi connectivity index (χ2n) is 7.45. The molecule has 0 spiro atoms. The molecule has 0 aliphatic heterocycles. The number of carbonyl (C=O) groups is 1. The molecule has 3 heteroatoms. The van der Waals surface area contributed by atoms with Gasteiger partial charge in [0.2, 0.25) is 5.91 Å². The number of fused-ring (bicyclic) bond motifs is 1. The zero-order chi connectivity index (χ0) is 17.9. The predicted octanol–water partition coefficient (Wildman–Crippen LogP) is 4.56. The van der Waals surface area contributed by atoms with Gasteiger partial charge in [0, 0.05) is 12.5 Å². The van der Waals surface area contributed by atoms with E-state index >= 15 is 0 Å². The SMILES string of the molecule is N#Cc1ccc(CCC(=O)N(C2CC2)C2CCCc3ccccc32)cc1. The van der Waals surface area contributed by atoms with Gasteiger partial charge in [0.05, 0.1) is 17.7 Å². The van der Waals surface area contributed by atoms with Crippen molar-refractivity contribution in [3.05, 3.63) is 70.8 Å². The maximum Gasteiger partial charge on any atom is 0.223 e. The number of hydrogen-bond acceptors (Lipinski definition) is 2. The highest BCUT2D eigenvalue weighted by Gasteiger charge is 2.38. The molecule has 2 aliphatic rings. The fraction of sp³-hybridized carbons (Fsp3) is 0.391. The number of carbonyl (C=O) groups excluding carboxylic acids is 1. The molecule has 1 unspecified atom stereocenters. The van der Waals surface area contributed by atoms with Crippen molar-refractivity contribution >= 4 is 5.91 Å². The summed E-state index contributed by atoms with van der Waals surface area (Å²) >= 11 is 0. The predicted molar refractivity (Wildman–Crippen MR) is 101 cm³/mol. The molecule has 2 aliphatic carbocycles. The van der Waals surface area contributed by atoms with E-state index < -0.39 is 0 Å². The van der Waals surface area contributed by atoms with E-state index in [9.17, 15) is 4.79 Å². The van der Waals surface area contributed by atoms with Gasteiger partial charge in [-0.15, -0.1) is 0 Å². The van der Waals surface area contributed by atoms with Gasteiger partial charge in [-0.1, -0.05) is 36.4 Å². The van der Waals surface area contributed by atoms with Gasteiger partial charge in [-0.05, 0) is 67.3 Å². The molecule has 0 N–H and O–H groups in total. The standard InChI is InChI=1S/C23H24N2O/c24-16-18-10-8-17(9-11-18)12-15-23(26)25(20-13-14-20)22-7-3-5-19-4-1-2-6-21(19)22/h1-2,4,6,8-11,20,22H,3,5,7,12-15H2. The Morgan fingerprint density at radius 1 is 1.08 bits per heavy atom. The van der Waals surface area contributed by atoms with Gasteiger partial charge in [0.15, 0.2) is 0 Å². The highest BCUT2D eigenvalue weighted by Crippen LogP contribution is 2.41. The number of nitrogens with zero attached hydrogens (tertiary/aromatic N) is 2. The second kappa shape index (κ2) is 7.33. The van der Waals surface area contributed by atoms with E-state index in [-0.39, 0.29) is 11.9 Å². The van der Waals surface area contributed by atoms with E-state index in [1.165, 1.54) is 11.1 Å². The number of rotatable bonds is 5. The first kappa shape index (κ1) is 16.8. The van der Waals surface area contributed by atoms with E-state index in [0.29, 0.717) is 18.0 Å². The molecule has 2 aromatic carbocycles. The lowest BCUT2D eigenvalue weighted by atomic mass is 9.86. The maximum atomic E-state index is 13.1. The van der Waals surface area contributed by atoms with Crippen LogP contribution in [-0.2, 0) is 17.6 Å². The zero-order valence-corrected chi connectivity index (χ0v) is 15.0. The van der Waals surface area contributed by atoms with Gasteiger partial charge >= 0.3 is 0 Å². The van der Waals surface area contributed by atoms with Crippen LogP contribution in [0.4, 0.5) is 0 Å². The molecule has 26 heavy (non-hydrogen) atoms. The van der Waals surface area contributed by atoms with Gasteiger partial charge in [-0.2, -0.15) is 5.26 Å². The Hall–Kier alpha value is -2.60. The summed E-state index contributed by atoms with van der Waals surface area (Å²) in [6.07, 6.45) is 6.93. The lowest BCUT2D eigenvalue weighted by Crippen LogP contribution is -2.38. The van der Waals surface area contributed by atoms with Crippen LogP contribution in [0.1, 0.15) is 60.4 Å². The highest BCUT2D eigenvalue weighted by atomic mass is 16.2. The quantitative estimate of drug-likeness (QED) is 0.798. The number of aryl methyl sites for hydroxylation is 2. The van der Waals surface area contributed by atoms with E-state index in [1.54, 1.807) is 0 Å². The Kier molecular flexibility index (Phi) is 4.75. The van der Waals surface area contributed by atoms with Gasteiger partial charge in [-0.3, -0.25) is 4.79 Å². The minimum absolute atomic E-state index is 0.251. The third-order valence-electron chi connectivity index (χ3n) is 5.61. The molecular weight excluding hydrogens is 320 g/mol. The molecule has 0 bridgehead atoms. The van der Waals surface area contributed by atoms with Gasteiger partial charge < -0.3 is 4.90 Å². The van der Waals surface area contributed by atoms with Crippen LogP contribution in [0.5, 0.6) is 0 Å². The minimum atomic E-state index is 0.251. The fourth-order valence-corrected chi connectivity index (χ4v) is 4.13. The van der Waals surface area contributed by atoms with E-state index in [1.807, 2.05) is 24.3 Å².